The van der Waals surface area contributed by atoms with Crippen LogP contribution >= 0.6 is 11.3 Å². The Balaban J connectivity index is 1.83. The summed E-state index contributed by atoms with van der Waals surface area (Å²) in [5, 5.41) is 23.1. The summed E-state index contributed by atoms with van der Waals surface area (Å²) in [5.41, 5.74) is 0. The number of carbonyl (C=O) groups is 2. The lowest BCUT2D eigenvalue weighted by Crippen LogP contribution is -2.46. The van der Waals surface area contributed by atoms with Crippen molar-refractivity contribution < 1.29 is 19.8 Å². The van der Waals surface area contributed by atoms with Gasteiger partial charge in [-0.3, -0.25) is 0 Å². The van der Waals surface area contributed by atoms with Crippen LogP contribution < -0.4 is 5.32 Å². The Labute approximate surface area is 114 Å². The second-order valence-electron chi connectivity index (χ2n) is 4.46. The molecule has 0 aromatic carbocycles. The van der Waals surface area contributed by atoms with Gasteiger partial charge in [0.05, 0.1) is 6.10 Å². The second-order valence-corrected chi connectivity index (χ2v) is 5.49. The van der Waals surface area contributed by atoms with Gasteiger partial charge in [0.15, 0.2) is 0 Å². The molecule has 2 atom stereocenters. The summed E-state index contributed by atoms with van der Waals surface area (Å²) >= 11 is 1.61. The highest BCUT2D eigenvalue weighted by Crippen LogP contribution is 2.18. The van der Waals surface area contributed by atoms with E-state index in [2.05, 4.69) is 5.32 Å². The number of likely N-dealkylation sites (tertiary alicyclic amines) is 1. The lowest BCUT2D eigenvalue weighted by atomic mass is 10.2. The molecule has 1 aliphatic rings. The number of nitrogens with one attached hydrogen (secondary N) is 1. The van der Waals surface area contributed by atoms with Gasteiger partial charge in [-0.1, -0.05) is 6.07 Å². The van der Waals surface area contributed by atoms with E-state index in [1.165, 1.54) is 4.90 Å². The molecule has 104 valence electrons. The minimum Gasteiger partial charge on any atom is -0.480 e. The summed E-state index contributed by atoms with van der Waals surface area (Å²) < 4.78 is 0. The molecule has 19 heavy (non-hydrogen) atoms. The summed E-state index contributed by atoms with van der Waals surface area (Å²) in [6.07, 6.45) is 0.0507. The molecule has 1 aromatic heterocycles. The molecule has 1 unspecified atom stereocenters. The second kappa shape index (κ2) is 6.03. The number of aliphatic hydroxyl groups is 1. The monoisotopic (exact) mass is 284 g/mol. The van der Waals surface area contributed by atoms with Crippen LogP contribution in [0.3, 0.4) is 0 Å². The molecule has 0 aliphatic carbocycles. The number of aliphatic carboxylic acids is 1. The number of urea groups is 1. The molecule has 1 fully saturated rings. The van der Waals surface area contributed by atoms with Gasteiger partial charge in [-0.15, -0.1) is 11.3 Å². The first-order valence-corrected chi connectivity index (χ1v) is 6.93. The maximum atomic E-state index is 11.9. The molecule has 0 radical (unpaired) electrons. The van der Waals surface area contributed by atoms with Crippen molar-refractivity contribution in [3.63, 3.8) is 0 Å². The first kappa shape index (κ1) is 13.8. The van der Waals surface area contributed by atoms with Crippen LogP contribution in [0.4, 0.5) is 4.79 Å². The van der Waals surface area contributed by atoms with Crippen molar-refractivity contribution >= 4 is 23.3 Å². The first-order valence-electron chi connectivity index (χ1n) is 6.05. The van der Waals surface area contributed by atoms with E-state index in [0.717, 1.165) is 11.3 Å². The Morgan fingerprint density at radius 3 is 2.95 bits per heavy atom. The van der Waals surface area contributed by atoms with E-state index < -0.39 is 24.1 Å². The van der Waals surface area contributed by atoms with Gasteiger partial charge in [0, 0.05) is 24.4 Å². The zero-order valence-electron chi connectivity index (χ0n) is 10.3. The third-order valence-electron chi connectivity index (χ3n) is 3.05. The van der Waals surface area contributed by atoms with Crippen molar-refractivity contribution in [3.8, 4) is 0 Å². The molecular formula is C12H16N2O4S. The maximum absolute atomic E-state index is 11.9. The van der Waals surface area contributed by atoms with E-state index in [1.54, 1.807) is 11.3 Å². The van der Waals surface area contributed by atoms with Crippen LogP contribution in [0.5, 0.6) is 0 Å². The molecule has 6 nitrogen and oxygen atoms in total. The van der Waals surface area contributed by atoms with Crippen LogP contribution in [-0.2, 0) is 11.2 Å². The fraction of sp³-hybridized carbons (Fsp3) is 0.500. The number of rotatable bonds is 4. The van der Waals surface area contributed by atoms with Crippen LogP contribution in [-0.4, -0.2) is 52.3 Å². The molecule has 0 saturated carbocycles. The van der Waals surface area contributed by atoms with E-state index in [4.69, 9.17) is 5.11 Å². The number of aliphatic hydroxyl groups excluding tert-OH is 1. The Morgan fingerprint density at radius 1 is 1.53 bits per heavy atom. The molecule has 3 N–H and O–H groups in total. The van der Waals surface area contributed by atoms with E-state index >= 15 is 0 Å². The third kappa shape index (κ3) is 3.45. The Hall–Kier alpha value is -1.60. The number of hydrogen-bond acceptors (Lipinski definition) is 4. The predicted molar refractivity (Wildman–Crippen MR) is 70.2 cm³/mol. The summed E-state index contributed by atoms with van der Waals surface area (Å²) in [5.74, 6) is -1.08. The van der Waals surface area contributed by atoms with E-state index in [0.29, 0.717) is 6.54 Å². The number of thiophene rings is 1. The van der Waals surface area contributed by atoms with Crippen LogP contribution in [0.25, 0.3) is 0 Å². The normalized spacial score (nSPS) is 22.5. The molecule has 1 aromatic rings. The van der Waals surface area contributed by atoms with Gasteiger partial charge in [-0.05, 0) is 17.9 Å². The highest BCUT2D eigenvalue weighted by Gasteiger charge is 2.38. The van der Waals surface area contributed by atoms with E-state index in [-0.39, 0.29) is 13.0 Å². The summed E-state index contributed by atoms with van der Waals surface area (Å²) in [6.45, 7) is 0.528. The van der Waals surface area contributed by atoms with Crippen molar-refractivity contribution in [1.29, 1.82) is 0 Å². The van der Waals surface area contributed by atoms with Crippen molar-refractivity contribution in [3.05, 3.63) is 22.4 Å². The molecule has 7 heteroatoms. The molecular weight excluding hydrogens is 268 g/mol. The van der Waals surface area contributed by atoms with Crippen LogP contribution in [0.15, 0.2) is 17.5 Å². The lowest BCUT2D eigenvalue weighted by Gasteiger charge is -2.21. The van der Waals surface area contributed by atoms with Crippen molar-refractivity contribution in [1.82, 2.24) is 10.2 Å². The molecule has 2 amide bonds. The smallest absolute Gasteiger partial charge is 0.326 e. The number of carbonyl (C=O) groups excluding carboxylic acids is 1. The molecule has 2 rings (SSSR count). The third-order valence-corrected chi connectivity index (χ3v) is 3.99. The van der Waals surface area contributed by atoms with Gasteiger partial charge in [-0.25, -0.2) is 9.59 Å². The Kier molecular flexibility index (Phi) is 4.39. The fourth-order valence-electron chi connectivity index (χ4n) is 2.12. The van der Waals surface area contributed by atoms with Crippen molar-refractivity contribution in [2.45, 2.75) is 25.0 Å². The zero-order chi connectivity index (χ0) is 13.8. The number of carboxylic acid groups (broad SMARTS) is 1. The molecule has 0 spiro atoms. The van der Waals surface area contributed by atoms with Gasteiger partial charge < -0.3 is 20.4 Å². The van der Waals surface area contributed by atoms with Crippen LogP contribution in [0, 0.1) is 0 Å². The predicted octanol–water partition coefficient (Wildman–Crippen LogP) is 0.520. The summed E-state index contributed by atoms with van der Waals surface area (Å²) in [7, 11) is 0. The number of hydrogen-bond donors (Lipinski definition) is 3. The number of amides is 2. The topological polar surface area (TPSA) is 89.9 Å². The number of nitrogens with zero attached hydrogens (tertiary/aromatic N) is 1. The molecule has 0 bridgehead atoms. The first-order chi connectivity index (χ1) is 9.08. The molecule has 1 aliphatic heterocycles. The van der Waals surface area contributed by atoms with E-state index in [1.807, 2.05) is 17.5 Å². The van der Waals surface area contributed by atoms with Crippen LogP contribution in [0.2, 0.25) is 0 Å². The SMILES string of the molecule is O=C(O)[C@@H]1CC(O)CN1C(=O)NCCc1cccs1. The number of β-amino-alcohol motifs (C(OH)–C–C–N with tert-alkyl or cyclic N) is 1. The van der Waals surface area contributed by atoms with Gasteiger partial charge in [-0.2, -0.15) is 0 Å². The van der Waals surface area contributed by atoms with E-state index in [9.17, 15) is 14.7 Å². The average molecular weight is 284 g/mol. The van der Waals surface area contributed by atoms with Crippen molar-refractivity contribution in [2.75, 3.05) is 13.1 Å². The minimum atomic E-state index is -1.08. The summed E-state index contributed by atoms with van der Waals surface area (Å²) in [6, 6.07) is 2.56. The zero-order valence-corrected chi connectivity index (χ0v) is 11.1. The van der Waals surface area contributed by atoms with Gasteiger partial charge in [0.25, 0.3) is 0 Å². The maximum Gasteiger partial charge on any atom is 0.326 e. The van der Waals surface area contributed by atoms with Crippen molar-refractivity contribution in [2.24, 2.45) is 0 Å². The van der Waals surface area contributed by atoms with Crippen LogP contribution in [0.1, 0.15) is 11.3 Å². The van der Waals surface area contributed by atoms with Gasteiger partial charge >= 0.3 is 12.0 Å². The Morgan fingerprint density at radius 2 is 2.32 bits per heavy atom. The largest absolute Gasteiger partial charge is 0.480 e. The fourth-order valence-corrected chi connectivity index (χ4v) is 2.83. The summed E-state index contributed by atoms with van der Waals surface area (Å²) in [4.78, 5) is 25.2. The lowest BCUT2D eigenvalue weighted by molar-refractivity contribution is -0.141. The minimum absolute atomic E-state index is 0.0712. The molecule has 1 saturated heterocycles. The Bertz CT molecular complexity index is 449. The quantitative estimate of drug-likeness (QED) is 0.752. The van der Waals surface area contributed by atoms with Gasteiger partial charge in [0.2, 0.25) is 0 Å². The number of carboxylic acids is 1. The molecule has 2 heterocycles. The standard InChI is InChI=1S/C12H16N2O4S/c15-8-6-10(11(16)17)14(7-8)12(18)13-4-3-9-2-1-5-19-9/h1-2,5,8,10,15H,3-4,6-7H2,(H,13,18)(H,16,17)/t8?,10-/m0/s1. The highest BCUT2D eigenvalue weighted by atomic mass is 32.1. The highest BCUT2D eigenvalue weighted by molar-refractivity contribution is 7.09. The average Bonchev–Trinajstić information content (AvgIpc) is 2.98. The van der Waals surface area contributed by atoms with Gasteiger partial charge in [0.1, 0.15) is 6.04 Å².